The molecule has 1 amide bonds. The minimum absolute atomic E-state index is 0.0390. The average Bonchev–Trinajstić information content (AvgIpc) is 3.37. The number of carbonyl (C=O) groups excluding carboxylic acids is 1. The van der Waals surface area contributed by atoms with Crippen molar-refractivity contribution in [3.8, 4) is 0 Å². The van der Waals surface area contributed by atoms with Crippen molar-refractivity contribution in [1.82, 2.24) is 24.0 Å². The fourth-order valence-electron chi connectivity index (χ4n) is 5.52. The van der Waals surface area contributed by atoms with Crippen molar-refractivity contribution in [2.75, 3.05) is 20.1 Å². The number of nitrogens with one attached hydrogen (secondary N) is 1. The standard InChI is InChI=1S/C21H33N5O4S/c1-13-11-25(12-14(2)24(13)3)31(28,29)26-17-6-7-18(26)9-16(8-17)22-21(27)19-10-20(30-23-19)15-4-5-15/h10,13-18H,4-9,11-12H2,1-3H3,(H,22,27)/t13?,14?,16?,17-,18+. The molecule has 31 heavy (non-hydrogen) atoms. The number of nitrogens with zero attached hydrogens (tertiary/aromatic N) is 4. The number of hydrogen-bond acceptors (Lipinski definition) is 6. The van der Waals surface area contributed by atoms with Crippen LogP contribution in [0, 0.1) is 0 Å². The number of piperidine rings is 1. The molecule has 4 fully saturated rings. The number of carbonyl (C=O) groups is 1. The van der Waals surface area contributed by atoms with Crippen LogP contribution in [0.3, 0.4) is 0 Å². The maximum Gasteiger partial charge on any atom is 0.282 e. The molecule has 10 heteroatoms. The number of fused-ring (bicyclic) bond motifs is 2. The molecule has 1 saturated carbocycles. The van der Waals surface area contributed by atoms with E-state index in [0.717, 1.165) is 31.4 Å². The molecule has 0 spiro atoms. The van der Waals surface area contributed by atoms with Crippen LogP contribution in [-0.2, 0) is 10.2 Å². The number of likely N-dealkylation sites (N-methyl/N-ethyl adjacent to an activating group) is 1. The quantitative estimate of drug-likeness (QED) is 0.729. The lowest BCUT2D eigenvalue weighted by Crippen LogP contribution is -2.62. The van der Waals surface area contributed by atoms with Gasteiger partial charge in [0.25, 0.3) is 16.1 Å². The molecule has 1 N–H and O–H groups in total. The topological polar surface area (TPSA) is 99.0 Å². The Bertz CT molecular complexity index is 919. The molecular formula is C21H33N5O4S. The number of piperazine rings is 1. The number of hydrogen-bond donors (Lipinski definition) is 1. The highest BCUT2D eigenvalue weighted by Crippen LogP contribution is 2.41. The Kier molecular flexibility index (Phi) is 5.39. The SMILES string of the molecule is CC1CN(S(=O)(=O)N2[C@@H]3CC[C@H]2CC(NC(=O)c2cc(C4CC4)on2)C3)CC(C)N1C. The van der Waals surface area contributed by atoms with Crippen molar-refractivity contribution in [1.29, 1.82) is 0 Å². The van der Waals surface area contributed by atoms with E-state index in [0.29, 0.717) is 37.5 Å². The lowest BCUT2D eigenvalue weighted by atomic mass is 9.99. The maximum atomic E-state index is 13.5. The smallest absolute Gasteiger partial charge is 0.282 e. The molecule has 2 bridgehead atoms. The van der Waals surface area contributed by atoms with E-state index in [9.17, 15) is 13.2 Å². The van der Waals surface area contributed by atoms with Crippen LogP contribution in [0.1, 0.15) is 74.5 Å². The van der Waals surface area contributed by atoms with Crippen molar-refractivity contribution in [3.05, 3.63) is 17.5 Å². The Labute approximate surface area is 184 Å². The molecule has 1 aliphatic carbocycles. The van der Waals surface area contributed by atoms with Gasteiger partial charge in [-0.1, -0.05) is 5.16 Å². The summed E-state index contributed by atoms with van der Waals surface area (Å²) < 4.78 is 35.8. The van der Waals surface area contributed by atoms with Gasteiger partial charge in [-0.15, -0.1) is 0 Å². The maximum absolute atomic E-state index is 13.5. The fraction of sp³-hybridized carbons (Fsp3) is 0.810. The highest BCUT2D eigenvalue weighted by atomic mass is 32.2. The summed E-state index contributed by atoms with van der Waals surface area (Å²) in [4.78, 5) is 14.9. The first-order chi connectivity index (χ1) is 14.7. The first-order valence-corrected chi connectivity index (χ1v) is 12.9. The molecule has 3 unspecified atom stereocenters. The van der Waals surface area contributed by atoms with Crippen LogP contribution < -0.4 is 5.32 Å². The van der Waals surface area contributed by atoms with E-state index in [1.54, 1.807) is 14.7 Å². The van der Waals surface area contributed by atoms with Crippen LogP contribution in [0.2, 0.25) is 0 Å². The van der Waals surface area contributed by atoms with E-state index >= 15 is 0 Å². The van der Waals surface area contributed by atoms with Crippen molar-refractivity contribution in [2.45, 2.75) is 88.5 Å². The van der Waals surface area contributed by atoms with Crippen LogP contribution in [0.25, 0.3) is 0 Å². The predicted octanol–water partition coefficient (Wildman–Crippen LogP) is 1.55. The third kappa shape index (κ3) is 3.92. The monoisotopic (exact) mass is 451 g/mol. The van der Waals surface area contributed by atoms with Gasteiger partial charge in [-0.2, -0.15) is 17.0 Å². The van der Waals surface area contributed by atoms with Crippen LogP contribution in [0.4, 0.5) is 0 Å². The molecule has 9 nitrogen and oxygen atoms in total. The molecule has 3 aliphatic heterocycles. The largest absolute Gasteiger partial charge is 0.360 e. The molecular weight excluding hydrogens is 418 g/mol. The van der Waals surface area contributed by atoms with Gasteiger partial charge in [0.05, 0.1) is 0 Å². The first-order valence-electron chi connectivity index (χ1n) is 11.5. The van der Waals surface area contributed by atoms with Gasteiger partial charge in [-0.05, 0) is 59.4 Å². The molecule has 0 radical (unpaired) electrons. The van der Waals surface area contributed by atoms with Crippen molar-refractivity contribution in [3.63, 3.8) is 0 Å². The summed E-state index contributed by atoms with van der Waals surface area (Å²) in [7, 11) is -1.46. The second-order valence-electron chi connectivity index (χ2n) is 9.93. The van der Waals surface area contributed by atoms with Gasteiger partial charge in [0.2, 0.25) is 0 Å². The summed E-state index contributed by atoms with van der Waals surface area (Å²) in [6.45, 7) is 5.20. The predicted molar refractivity (Wildman–Crippen MR) is 115 cm³/mol. The second kappa shape index (κ2) is 7.83. The molecule has 172 valence electrons. The van der Waals surface area contributed by atoms with Gasteiger partial charge in [-0.3, -0.25) is 9.69 Å². The number of rotatable bonds is 5. The van der Waals surface area contributed by atoms with Crippen LogP contribution in [0.5, 0.6) is 0 Å². The highest BCUT2D eigenvalue weighted by molar-refractivity contribution is 7.86. The van der Waals surface area contributed by atoms with E-state index in [-0.39, 0.29) is 36.1 Å². The summed E-state index contributed by atoms with van der Waals surface area (Å²) in [6.07, 6.45) is 5.19. The lowest BCUT2D eigenvalue weighted by Gasteiger charge is -2.45. The van der Waals surface area contributed by atoms with Crippen molar-refractivity contribution < 1.29 is 17.7 Å². The highest BCUT2D eigenvalue weighted by Gasteiger charge is 2.50. The Morgan fingerprint density at radius 1 is 1.10 bits per heavy atom. The van der Waals surface area contributed by atoms with Crippen LogP contribution in [0.15, 0.2) is 10.6 Å². The molecule has 1 aromatic rings. The van der Waals surface area contributed by atoms with Gasteiger partial charge in [0.1, 0.15) is 5.76 Å². The molecule has 4 heterocycles. The molecule has 1 aromatic heterocycles. The zero-order valence-electron chi connectivity index (χ0n) is 18.5. The van der Waals surface area contributed by atoms with E-state index in [1.165, 1.54) is 0 Å². The first kappa shape index (κ1) is 21.4. The summed E-state index contributed by atoms with van der Waals surface area (Å²) in [5.74, 6) is 0.984. The Balaban J connectivity index is 1.24. The van der Waals surface area contributed by atoms with E-state index in [4.69, 9.17) is 4.52 Å². The zero-order chi connectivity index (χ0) is 21.9. The van der Waals surface area contributed by atoms with Gasteiger partial charge < -0.3 is 9.84 Å². The average molecular weight is 452 g/mol. The molecule has 5 atom stereocenters. The third-order valence-corrected chi connectivity index (χ3v) is 9.74. The Hall–Kier alpha value is -1.49. The van der Waals surface area contributed by atoms with Crippen LogP contribution in [-0.4, -0.2) is 83.3 Å². The van der Waals surface area contributed by atoms with E-state index in [2.05, 4.69) is 36.3 Å². The van der Waals surface area contributed by atoms with Crippen LogP contribution >= 0.6 is 0 Å². The number of amides is 1. The molecule has 5 rings (SSSR count). The summed E-state index contributed by atoms with van der Waals surface area (Å²) in [5.41, 5.74) is 0.324. The van der Waals surface area contributed by atoms with Gasteiger partial charge in [0, 0.05) is 55.3 Å². The minimum Gasteiger partial charge on any atom is -0.360 e. The zero-order valence-corrected chi connectivity index (χ0v) is 19.3. The lowest BCUT2D eigenvalue weighted by molar-refractivity contribution is 0.0872. The molecule has 4 aliphatic rings. The normalized spacial score (nSPS) is 35.4. The Morgan fingerprint density at radius 3 is 2.29 bits per heavy atom. The van der Waals surface area contributed by atoms with Crippen molar-refractivity contribution >= 4 is 16.1 Å². The molecule has 0 aromatic carbocycles. The minimum atomic E-state index is -3.51. The van der Waals surface area contributed by atoms with E-state index in [1.807, 2.05) is 0 Å². The summed E-state index contributed by atoms with van der Waals surface area (Å²) >= 11 is 0. The molecule has 3 saturated heterocycles. The van der Waals surface area contributed by atoms with Gasteiger partial charge in [-0.25, -0.2) is 0 Å². The van der Waals surface area contributed by atoms with Crippen molar-refractivity contribution in [2.24, 2.45) is 0 Å². The second-order valence-corrected chi connectivity index (χ2v) is 11.8. The number of aromatic nitrogens is 1. The summed E-state index contributed by atoms with van der Waals surface area (Å²) in [5, 5.41) is 7.01. The van der Waals surface area contributed by atoms with Gasteiger partial charge in [0.15, 0.2) is 5.69 Å². The Morgan fingerprint density at radius 2 is 1.71 bits per heavy atom. The fourth-order valence-corrected chi connectivity index (χ4v) is 7.73. The third-order valence-electron chi connectivity index (χ3n) is 7.66. The summed E-state index contributed by atoms with van der Waals surface area (Å²) in [6, 6.07) is 1.98. The van der Waals surface area contributed by atoms with Gasteiger partial charge >= 0.3 is 0 Å². The van der Waals surface area contributed by atoms with E-state index < -0.39 is 10.2 Å².